The van der Waals surface area contributed by atoms with E-state index in [1.54, 1.807) is 0 Å². The van der Waals surface area contributed by atoms with Crippen LogP contribution in [0.15, 0.2) is 36.4 Å². The summed E-state index contributed by atoms with van der Waals surface area (Å²) in [6, 6.07) is 15.0. The molecule has 1 heterocycles. The van der Waals surface area contributed by atoms with Gasteiger partial charge in [-0.25, -0.2) is 0 Å². The molecule has 1 fully saturated rings. The number of pyridine rings is 1. The van der Waals surface area contributed by atoms with Crippen molar-refractivity contribution in [3.05, 3.63) is 42.1 Å². The summed E-state index contributed by atoms with van der Waals surface area (Å²) in [6.07, 6.45) is 3.28. The molecule has 0 bridgehead atoms. The number of fused-ring (bicyclic) bond motifs is 1. The Labute approximate surface area is 113 Å². The Hall–Kier alpha value is -1.92. The summed E-state index contributed by atoms with van der Waals surface area (Å²) in [7, 11) is 0. The smallest absolute Gasteiger partial charge is 0.0705 e. The van der Waals surface area contributed by atoms with Gasteiger partial charge in [0.25, 0.3) is 0 Å². The van der Waals surface area contributed by atoms with Gasteiger partial charge in [-0.1, -0.05) is 30.7 Å². The molecule has 96 valence electrons. The molecular weight excluding hydrogens is 234 g/mol. The molecule has 2 aromatic rings. The van der Waals surface area contributed by atoms with Crippen molar-refractivity contribution in [1.29, 1.82) is 5.26 Å². The van der Waals surface area contributed by atoms with Crippen LogP contribution in [0.3, 0.4) is 0 Å². The number of hydrogen-bond acceptors (Lipinski definition) is 3. The summed E-state index contributed by atoms with van der Waals surface area (Å²) in [4.78, 5) is 4.64. The fraction of sp³-hybridized carbons (Fsp3) is 0.375. The molecule has 1 aromatic heterocycles. The molecule has 0 spiro atoms. The molecule has 0 saturated heterocycles. The summed E-state index contributed by atoms with van der Waals surface area (Å²) >= 11 is 0. The topological polar surface area (TPSA) is 48.7 Å². The van der Waals surface area contributed by atoms with Crippen molar-refractivity contribution in [2.75, 3.05) is 0 Å². The van der Waals surface area contributed by atoms with Crippen LogP contribution in [-0.2, 0) is 6.54 Å². The fourth-order valence-electron chi connectivity index (χ4n) is 2.80. The van der Waals surface area contributed by atoms with Crippen molar-refractivity contribution in [1.82, 2.24) is 10.3 Å². The van der Waals surface area contributed by atoms with Gasteiger partial charge >= 0.3 is 0 Å². The minimum absolute atomic E-state index is 0.167. The van der Waals surface area contributed by atoms with Crippen LogP contribution in [0.1, 0.15) is 25.0 Å². The molecule has 1 aliphatic carbocycles. The Kier molecular flexibility index (Phi) is 3.43. The van der Waals surface area contributed by atoms with E-state index in [1.165, 1.54) is 5.39 Å². The molecule has 0 aliphatic heterocycles. The van der Waals surface area contributed by atoms with Gasteiger partial charge in [0.15, 0.2) is 0 Å². The third kappa shape index (κ3) is 2.59. The lowest BCUT2D eigenvalue weighted by atomic mass is 10.1. The number of nitrogens with zero attached hydrogens (tertiary/aromatic N) is 2. The Morgan fingerprint density at radius 2 is 2.11 bits per heavy atom. The van der Waals surface area contributed by atoms with Crippen LogP contribution in [0.25, 0.3) is 10.9 Å². The average Bonchev–Trinajstić information content (AvgIpc) is 2.92. The van der Waals surface area contributed by atoms with E-state index in [1.807, 2.05) is 18.2 Å². The van der Waals surface area contributed by atoms with Gasteiger partial charge < -0.3 is 5.32 Å². The zero-order valence-corrected chi connectivity index (χ0v) is 10.8. The second-order valence-corrected chi connectivity index (χ2v) is 5.15. The maximum atomic E-state index is 9.07. The van der Waals surface area contributed by atoms with Gasteiger partial charge in [0.1, 0.15) is 0 Å². The van der Waals surface area contributed by atoms with E-state index in [9.17, 15) is 0 Å². The number of nitrogens with one attached hydrogen (secondary N) is 1. The largest absolute Gasteiger partial charge is 0.307 e. The van der Waals surface area contributed by atoms with Crippen LogP contribution >= 0.6 is 0 Å². The minimum atomic E-state index is 0.167. The molecule has 1 aliphatic rings. The van der Waals surface area contributed by atoms with E-state index < -0.39 is 0 Å². The molecule has 2 unspecified atom stereocenters. The lowest BCUT2D eigenvalue weighted by Crippen LogP contribution is -2.31. The van der Waals surface area contributed by atoms with Crippen molar-refractivity contribution in [3.8, 4) is 6.07 Å². The second kappa shape index (κ2) is 5.38. The number of para-hydroxylation sites is 1. The van der Waals surface area contributed by atoms with E-state index >= 15 is 0 Å². The predicted octanol–water partition coefficient (Wildman–Crippen LogP) is 3.02. The third-order valence-electron chi connectivity index (χ3n) is 3.88. The molecule has 2 atom stereocenters. The van der Waals surface area contributed by atoms with Crippen molar-refractivity contribution in [2.24, 2.45) is 5.92 Å². The minimum Gasteiger partial charge on any atom is -0.307 e. The molecule has 0 amide bonds. The highest BCUT2D eigenvalue weighted by Gasteiger charge is 2.26. The molecule has 3 nitrogen and oxygen atoms in total. The van der Waals surface area contributed by atoms with Gasteiger partial charge in [-0.2, -0.15) is 5.26 Å². The number of aromatic nitrogens is 1. The van der Waals surface area contributed by atoms with Crippen LogP contribution in [0.4, 0.5) is 0 Å². The molecular formula is C16H17N3. The van der Waals surface area contributed by atoms with E-state index in [2.05, 4.69) is 34.6 Å². The number of nitriles is 1. The van der Waals surface area contributed by atoms with Gasteiger partial charge in [-0.3, -0.25) is 4.98 Å². The third-order valence-corrected chi connectivity index (χ3v) is 3.88. The molecule has 1 saturated carbocycles. The molecule has 0 radical (unpaired) electrons. The summed E-state index contributed by atoms with van der Waals surface area (Å²) in [6.45, 7) is 0.744. The van der Waals surface area contributed by atoms with Crippen LogP contribution < -0.4 is 5.32 Å². The van der Waals surface area contributed by atoms with Crippen LogP contribution in [-0.4, -0.2) is 11.0 Å². The lowest BCUT2D eigenvalue weighted by molar-refractivity contribution is 0.462. The summed E-state index contributed by atoms with van der Waals surface area (Å²) in [5, 5.41) is 13.7. The first-order valence-electron chi connectivity index (χ1n) is 6.84. The molecule has 1 aromatic carbocycles. The average molecular weight is 251 g/mol. The van der Waals surface area contributed by atoms with Crippen molar-refractivity contribution in [2.45, 2.75) is 31.8 Å². The number of benzene rings is 1. The van der Waals surface area contributed by atoms with Gasteiger partial charge in [-0.05, 0) is 25.0 Å². The first-order chi connectivity index (χ1) is 9.36. The van der Waals surface area contributed by atoms with Gasteiger partial charge in [0.2, 0.25) is 0 Å². The van der Waals surface area contributed by atoms with E-state index in [4.69, 9.17) is 5.26 Å². The predicted molar refractivity (Wildman–Crippen MR) is 75.3 cm³/mol. The van der Waals surface area contributed by atoms with E-state index in [-0.39, 0.29) is 5.92 Å². The second-order valence-electron chi connectivity index (χ2n) is 5.15. The molecule has 3 heteroatoms. The van der Waals surface area contributed by atoms with Crippen molar-refractivity contribution >= 4 is 10.9 Å². The normalized spacial score (nSPS) is 22.5. The number of rotatable bonds is 3. The van der Waals surface area contributed by atoms with Crippen LogP contribution in [0.5, 0.6) is 0 Å². The van der Waals surface area contributed by atoms with Crippen molar-refractivity contribution in [3.63, 3.8) is 0 Å². The molecule has 3 rings (SSSR count). The van der Waals surface area contributed by atoms with Crippen LogP contribution in [0, 0.1) is 17.2 Å². The van der Waals surface area contributed by atoms with Crippen molar-refractivity contribution < 1.29 is 0 Å². The van der Waals surface area contributed by atoms with E-state index in [0.717, 1.165) is 37.0 Å². The maximum Gasteiger partial charge on any atom is 0.0705 e. The summed E-state index contributed by atoms with van der Waals surface area (Å²) < 4.78 is 0. The first-order valence-corrected chi connectivity index (χ1v) is 6.84. The first kappa shape index (κ1) is 12.1. The van der Waals surface area contributed by atoms with Gasteiger partial charge in [0.05, 0.1) is 23.2 Å². The monoisotopic (exact) mass is 251 g/mol. The van der Waals surface area contributed by atoms with Gasteiger partial charge in [-0.15, -0.1) is 0 Å². The van der Waals surface area contributed by atoms with Crippen LogP contribution in [0.2, 0.25) is 0 Å². The number of hydrogen-bond donors (Lipinski definition) is 1. The standard InChI is InChI=1S/C16H17N3/c17-10-13-5-3-7-15(13)18-11-14-9-8-12-4-1-2-6-16(12)19-14/h1-2,4,6,8-9,13,15,18H,3,5,7,11H2. The SMILES string of the molecule is N#CC1CCCC1NCc1ccc2ccccc2n1. The summed E-state index contributed by atoms with van der Waals surface area (Å²) in [5.41, 5.74) is 2.08. The summed E-state index contributed by atoms with van der Waals surface area (Å²) in [5.74, 6) is 0.167. The Morgan fingerprint density at radius 1 is 1.21 bits per heavy atom. The zero-order valence-electron chi connectivity index (χ0n) is 10.8. The quantitative estimate of drug-likeness (QED) is 0.912. The maximum absolute atomic E-state index is 9.07. The molecule has 1 N–H and O–H groups in total. The highest BCUT2D eigenvalue weighted by Crippen LogP contribution is 2.25. The van der Waals surface area contributed by atoms with E-state index in [0.29, 0.717) is 6.04 Å². The Morgan fingerprint density at radius 3 is 3.00 bits per heavy atom. The molecule has 19 heavy (non-hydrogen) atoms. The fourth-order valence-corrected chi connectivity index (χ4v) is 2.80. The van der Waals surface area contributed by atoms with Gasteiger partial charge in [0, 0.05) is 18.0 Å². The highest BCUT2D eigenvalue weighted by molar-refractivity contribution is 5.78. The highest BCUT2D eigenvalue weighted by atomic mass is 14.9. The Bertz CT molecular complexity index is 615. The Balaban J connectivity index is 1.70. The lowest BCUT2D eigenvalue weighted by Gasteiger charge is -2.15. The zero-order chi connectivity index (χ0) is 13.1.